The molecule has 0 aliphatic carbocycles. The van der Waals surface area contributed by atoms with E-state index >= 15 is 0 Å². The van der Waals surface area contributed by atoms with Crippen molar-refractivity contribution in [2.24, 2.45) is 0 Å². The van der Waals surface area contributed by atoms with E-state index in [1.165, 1.54) is 0 Å². The quantitative estimate of drug-likeness (QED) is 0.828. The van der Waals surface area contributed by atoms with Crippen LogP contribution in [0.5, 0.6) is 0 Å². The highest BCUT2D eigenvalue weighted by molar-refractivity contribution is 7.99. The van der Waals surface area contributed by atoms with Gasteiger partial charge in [-0.25, -0.2) is 4.68 Å². The van der Waals surface area contributed by atoms with E-state index in [2.05, 4.69) is 20.7 Å². The van der Waals surface area contributed by atoms with Gasteiger partial charge in [-0.05, 0) is 24.8 Å². The number of amides is 1. The van der Waals surface area contributed by atoms with E-state index in [1.54, 1.807) is 28.6 Å². The van der Waals surface area contributed by atoms with E-state index < -0.39 is 0 Å². The fraction of sp³-hybridized carbons (Fsp3) is 0.267. The SMILES string of the molecule is CCSc1nc2n(n1)CC(C(=O)Nc1ccccc1Cl)=C(C)N2. The Morgan fingerprint density at radius 2 is 2.26 bits per heavy atom. The monoisotopic (exact) mass is 349 g/mol. The number of anilines is 2. The fourth-order valence-electron chi connectivity index (χ4n) is 2.23. The number of nitrogens with one attached hydrogen (secondary N) is 2. The second-order valence-electron chi connectivity index (χ2n) is 4.97. The number of para-hydroxylation sites is 1. The molecule has 1 amide bonds. The maximum Gasteiger partial charge on any atom is 0.255 e. The minimum Gasteiger partial charge on any atom is -0.328 e. The Morgan fingerprint density at radius 3 is 3.00 bits per heavy atom. The highest BCUT2D eigenvalue weighted by Gasteiger charge is 2.23. The summed E-state index contributed by atoms with van der Waals surface area (Å²) >= 11 is 7.65. The average molecular weight is 350 g/mol. The van der Waals surface area contributed by atoms with E-state index in [0.717, 1.165) is 11.4 Å². The second kappa shape index (κ2) is 6.64. The zero-order valence-corrected chi connectivity index (χ0v) is 14.3. The molecule has 2 N–H and O–H groups in total. The molecule has 0 saturated heterocycles. The van der Waals surface area contributed by atoms with Gasteiger partial charge in [-0.1, -0.05) is 42.4 Å². The number of carbonyl (C=O) groups is 1. The Balaban J connectivity index is 1.79. The summed E-state index contributed by atoms with van der Waals surface area (Å²) in [4.78, 5) is 16.9. The fourth-order valence-corrected chi connectivity index (χ4v) is 2.98. The molecule has 6 nitrogen and oxygen atoms in total. The molecule has 3 rings (SSSR count). The number of allylic oxidation sites excluding steroid dienone is 1. The average Bonchev–Trinajstić information content (AvgIpc) is 2.90. The van der Waals surface area contributed by atoms with E-state index in [9.17, 15) is 4.79 Å². The maximum absolute atomic E-state index is 12.5. The molecule has 0 atom stereocenters. The lowest BCUT2D eigenvalue weighted by Gasteiger charge is -2.19. The molecule has 0 bridgehead atoms. The Bertz CT molecular complexity index is 786. The Kier molecular flexibility index (Phi) is 4.58. The lowest BCUT2D eigenvalue weighted by molar-refractivity contribution is -0.113. The van der Waals surface area contributed by atoms with Crippen LogP contribution in [0.15, 0.2) is 40.7 Å². The molecule has 2 heterocycles. The van der Waals surface area contributed by atoms with Crippen LogP contribution < -0.4 is 10.6 Å². The standard InChI is InChI=1S/C15H16ClN5OS/c1-3-23-15-19-14-17-9(2)10(8-21(14)20-15)13(22)18-12-7-5-4-6-11(12)16/h4-7H,3,8H2,1-2H3,(H,18,22)(H,17,19,20). The molecule has 1 aliphatic rings. The molecule has 0 radical (unpaired) electrons. The molecule has 0 unspecified atom stereocenters. The van der Waals surface area contributed by atoms with Crippen LogP contribution in [0, 0.1) is 0 Å². The molecule has 2 aromatic rings. The van der Waals surface area contributed by atoms with Gasteiger partial charge in [-0.15, -0.1) is 5.10 Å². The van der Waals surface area contributed by atoms with Crippen LogP contribution in [0.3, 0.4) is 0 Å². The number of hydrogen-bond donors (Lipinski definition) is 2. The van der Waals surface area contributed by atoms with Crippen molar-refractivity contribution in [3.63, 3.8) is 0 Å². The zero-order chi connectivity index (χ0) is 16.4. The lowest BCUT2D eigenvalue weighted by atomic mass is 10.1. The molecule has 23 heavy (non-hydrogen) atoms. The van der Waals surface area contributed by atoms with Crippen molar-refractivity contribution in [1.82, 2.24) is 14.8 Å². The predicted octanol–water partition coefficient (Wildman–Crippen LogP) is 3.38. The summed E-state index contributed by atoms with van der Waals surface area (Å²) < 4.78 is 1.70. The van der Waals surface area contributed by atoms with Crippen molar-refractivity contribution >= 4 is 40.9 Å². The highest BCUT2D eigenvalue weighted by atomic mass is 35.5. The number of halogens is 1. The van der Waals surface area contributed by atoms with Crippen molar-refractivity contribution < 1.29 is 4.79 Å². The summed E-state index contributed by atoms with van der Waals surface area (Å²) in [7, 11) is 0. The Hall–Kier alpha value is -1.99. The first-order valence-electron chi connectivity index (χ1n) is 7.18. The first kappa shape index (κ1) is 15.9. The van der Waals surface area contributed by atoms with Crippen LogP contribution in [0.2, 0.25) is 5.02 Å². The smallest absolute Gasteiger partial charge is 0.255 e. The number of nitrogens with zero attached hydrogens (tertiary/aromatic N) is 3. The maximum atomic E-state index is 12.5. The van der Waals surface area contributed by atoms with Crippen molar-refractivity contribution in [2.75, 3.05) is 16.4 Å². The first-order chi connectivity index (χ1) is 11.1. The van der Waals surface area contributed by atoms with Crippen LogP contribution in [0.4, 0.5) is 11.6 Å². The predicted molar refractivity (Wildman–Crippen MR) is 92.8 cm³/mol. The van der Waals surface area contributed by atoms with Crippen LogP contribution in [-0.2, 0) is 11.3 Å². The number of thioether (sulfide) groups is 1. The van der Waals surface area contributed by atoms with Crippen molar-refractivity contribution in [3.8, 4) is 0 Å². The minimum absolute atomic E-state index is 0.200. The van der Waals surface area contributed by atoms with Gasteiger partial charge in [0.1, 0.15) is 0 Å². The summed E-state index contributed by atoms with van der Waals surface area (Å²) in [6.45, 7) is 4.28. The van der Waals surface area contributed by atoms with Crippen LogP contribution in [0.25, 0.3) is 0 Å². The number of hydrogen-bond acceptors (Lipinski definition) is 5. The third kappa shape index (κ3) is 3.35. The van der Waals surface area contributed by atoms with Gasteiger partial charge in [-0.2, -0.15) is 4.98 Å². The molecule has 0 fully saturated rings. The molecular formula is C15H16ClN5OS. The van der Waals surface area contributed by atoms with Gasteiger partial charge < -0.3 is 10.6 Å². The summed E-state index contributed by atoms with van der Waals surface area (Å²) in [6.07, 6.45) is 0. The molecule has 120 valence electrons. The number of aromatic nitrogens is 3. The minimum atomic E-state index is -0.200. The van der Waals surface area contributed by atoms with Crippen LogP contribution >= 0.6 is 23.4 Å². The first-order valence-corrected chi connectivity index (χ1v) is 8.55. The van der Waals surface area contributed by atoms with Gasteiger partial charge in [0, 0.05) is 5.70 Å². The van der Waals surface area contributed by atoms with Gasteiger partial charge in [-0.3, -0.25) is 4.79 Å². The van der Waals surface area contributed by atoms with Crippen molar-refractivity contribution in [2.45, 2.75) is 25.5 Å². The zero-order valence-electron chi connectivity index (χ0n) is 12.8. The highest BCUT2D eigenvalue weighted by Crippen LogP contribution is 2.25. The molecular weight excluding hydrogens is 334 g/mol. The topological polar surface area (TPSA) is 71.8 Å². The number of rotatable bonds is 4. The normalized spacial score (nSPS) is 13.5. The van der Waals surface area contributed by atoms with Crippen molar-refractivity contribution in [1.29, 1.82) is 0 Å². The largest absolute Gasteiger partial charge is 0.328 e. The summed E-state index contributed by atoms with van der Waals surface area (Å²) in [5, 5.41) is 11.6. The Morgan fingerprint density at radius 1 is 1.48 bits per heavy atom. The van der Waals surface area contributed by atoms with E-state index in [-0.39, 0.29) is 5.91 Å². The van der Waals surface area contributed by atoms with Gasteiger partial charge in [0.15, 0.2) is 0 Å². The Labute approximate surface area is 143 Å². The van der Waals surface area contributed by atoms with Gasteiger partial charge in [0.05, 0.1) is 22.8 Å². The van der Waals surface area contributed by atoms with Crippen molar-refractivity contribution in [3.05, 3.63) is 40.6 Å². The van der Waals surface area contributed by atoms with E-state index in [1.807, 2.05) is 26.0 Å². The van der Waals surface area contributed by atoms with E-state index in [0.29, 0.717) is 33.9 Å². The van der Waals surface area contributed by atoms with Gasteiger partial charge in [0.25, 0.3) is 5.91 Å². The summed E-state index contributed by atoms with van der Waals surface area (Å²) in [6, 6.07) is 7.15. The molecule has 0 spiro atoms. The number of fused-ring (bicyclic) bond motifs is 1. The second-order valence-corrected chi connectivity index (χ2v) is 6.61. The number of carbonyl (C=O) groups excluding carboxylic acids is 1. The van der Waals surface area contributed by atoms with Gasteiger partial charge >= 0.3 is 0 Å². The van der Waals surface area contributed by atoms with Gasteiger partial charge in [0.2, 0.25) is 11.1 Å². The molecule has 8 heteroatoms. The molecule has 1 aromatic carbocycles. The summed E-state index contributed by atoms with van der Waals surface area (Å²) in [5.74, 6) is 1.36. The number of benzene rings is 1. The molecule has 0 saturated carbocycles. The third-order valence-electron chi connectivity index (χ3n) is 3.38. The van der Waals surface area contributed by atoms with Crippen LogP contribution in [0.1, 0.15) is 13.8 Å². The van der Waals surface area contributed by atoms with E-state index in [4.69, 9.17) is 11.6 Å². The van der Waals surface area contributed by atoms with Crippen LogP contribution in [-0.4, -0.2) is 26.4 Å². The third-order valence-corrected chi connectivity index (χ3v) is 4.43. The molecule has 1 aliphatic heterocycles. The lowest BCUT2D eigenvalue weighted by Crippen LogP contribution is -2.26. The summed E-state index contributed by atoms with van der Waals surface area (Å²) in [5.41, 5.74) is 1.96. The molecule has 1 aromatic heterocycles.